The largest absolute Gasteiger partial charge is 0.314 e. The molecule has 2 nitrogen and oxygen atoms in total. The molecule has 1 N–H and O–H groups in total. The average Bonchev–Trinajstić information content (AvgIpc) is 2.51. The van der Waals surface area contributed by atoms with E-state index in [0.29, 0.717) is 19.4 Å². The van der Waals surface area contributed by atoms with Crippen LogP contribution in [-0.2, 0) is 6.42 Å². The molecule has 0 spiro atoms. The topological polar surface area (TPSA) is 24.9 Å². The highest BCUT2D eigenvalue weighted by atomic mass is 32.1. The zero-order chi connectivity index (χ0) is 10.0. The van der Waals surface area contributed by atoms with E-state index < -0.39 is 5.67 Å². The molecule has 14 heavy (non-hydrogen) atoms. The molecule has 1 fully saturated rings. The van der Waals surface area contributed by atoms with Gasteiger partial charge in [-0.15, -0.1) is 11.3 Å². The van der Waals surface area contributed by atoms with Crippen LogP contribution in [0.15, 0.2) is 5.38 Å². The summed E-state index contributed by atoms with van der Waals surface area (Å²) in [6.07, 6.45) is 2.06. The molecular weight excluding hydrogens is 199 g/mol. The third-order valence-corrected chi connectivity index (χ3v) is 3.41. The molecule has 0 radical (unpaired) electrons. The van der Waals surface area contributed by atoms with Gasteiger partial charge in [0.1, 0.15) is 5.67 Å². The molecule has 0 aromatic carbocycles. The standard InChI is InChI=1S/C10H15FN2S/c1-8-13-9(6-14-8)5-10(11)3-2-4-12-7-10/h6,12H,2-5,7H2,1H3. The number of aromatic nitrogens is 1. The molecule has 1 unspecified atom stereocenters. The Bertz CT molecular complexity index is 305. The van der Waals surface area contributed by atoms with Gasteiger partial charge >= 0.3 is 0 Å². The maximum atomic E-state index is 14.2. The summed E-state index contributed by atoms with van der Waals surface area (Å²) < 4.78 is 14.2. The van der Waals surface area contributed by atoms with Crippen molar-refractivity contribution >= 4 is 11.3 Å². The molecule has 1 aliphatic heterocycles. The van der Waals surface area contributed by atoms with Crippen molar-refractivity contribution in [2.45, 2.75) is 31.9 Å². The molecule has 2 rings (SSSR count). The van der Waals surface area contributed by atoms with Crippen LogP contribution in [0.3, 0.4) is 0 Å². The Morgan fingerprint density at radius 1 is 1.71 bits per heavy atom. The number of piperidine rings is 1. The minimum atomic E-state index is -1.07. The summed E-state index contributed by atoms with van der Waals surface area (Å²) in [4.78, 5) is 4.30. The van der Waals surface area contributed by atoms with Crippen molar-refractivity contribution in [3.63, 3.8) is 0 Å². The van der Waals surface area contributed by atoms with E-state index in [0.717, 1.165) is 23.7 Å². The van der Waals surface area contributed by atoms with E-state index >= 15 is 0 Å². The molecule has 1 aromatic heterocycles. The van der Waals surface area contributed by atoms with Crippen LogP contribution in [0.1, 0.15) is 23.5 Å². The second-order valence-electron chi connectivity index (χ2n) is 3.97. The number of hydrogen-bond acceptors (Lipinski definition) is 3. The zero-order valence-corrected chi connectivity index (χ0v) is 9.16. The summed E-state index contributed by atoms with van der Waals surface area (Å²) >= 11 is 1.59. The minimum Gasteiger partial charge on any atom is -0.314 e. The lowest BCUT2D eigenvalue weighted by atomic mass is 9.91. The van der Waals surface area contributed by atoms with E-state index in [9.17, 15) is 4.39 Å². The third-order valence-electron chi connectivity index (χ3n) is 2.58. The molecule has 78 valence electrons. The average molecular weight is 214 g/mol. The van der Waals surface area contributed by atoms with Crippen LogP contribution in [0, 0.1) is 6.92 Å². The van der Waals surface area contributed by atoms with Crippen molar-refractivity contribution in [1.82, 2.24) is 10.3 Å². The molecule has 2 heterocycles. The molecule has 0 aliphatic carbocycles. The molecule has 1 aliphatic rings. The maximum Gasteiger partial charge on any atom is 0.129 e. The molecule has 1 atom stereocenters. The van der Waals surface area contributed by atoms with Crippen molar-refractivity contribution in [3.05, 3.63) is 16.1 Å². The zero-order valence-electron chi connectivity index (χ0n) is 8.35. The highest BCUT2D eigenvalue weighted by molar-refractivity contribution is 7.09. The van der Waals surface area contributed by atoms with Gasteiger partial charge in [-0.1, -0.05) is 0 Å². The minimum absolute atomic E-state index is 0.463. The number of nitrogens with one attached hydrogen (secondary N) is 1. The smallest absolute Gasteiger partial charge is 0.129 e. The summed E-state index contributed by atoms with van der Waals surface area (Å²) in [5.74, 6) is 0. The van der Waals surface area contributed by atoms with Gasteiger partial charge in [0.05, 0.1) is 10.7 Å². The summed E-state index contributed by atoms with van der Waals surface area (Å²) in [5.41, 5.74) is -0.169. The Morgan fingerprint density at radius 3 is 3.14 bits per heavy atom. The quantitative estimate of drug-likeness (QED) is 0.815. The fourth-order valence-corrected chi connectivity index (χ4v) is 2.51. The van der Waals surface area contributed by atoms with Crippen LogP contribution in [-0.4, -0.2) is 23.7 Å². The molecule has 0 saturated carbocycles. The third kappa shape index (κ3) is 2.30. The SMILES string of the molecule is Cc1nc(CC2(F)CCCNC2)cs1. The molecular formula is C10H15FN2S. The Labute approximate surface area is 87.6 Å². The van der Waals surface area contributed by atoms with E-state index in [-0.39, 0.29) is 0 Å². The molecule has 1 saturated heterocycles. The fraction of sp³-hybridized carbons (Fsp3) is 0.700. The predicted octanol–water partition coefficient (Wildman–Crippen LogP) is 2.09. The highest BCUT2D eigenvalue weighted by Crippen LogP contribution is 2.26. The summed E-state index contributed by atoms with van der Waals surface area (Å²) in [6, 6.07) is 0. The lowest BCUT2D eigenvalue weighted by Gasteiger charge is -2.29. The van der Waals surface area contributed by atoms with E-state index in [1.54, 1.807) is 11.3 Å². The van der Waals surface area contributed by atoms with E-state index in [1.807, 2.05) is 12.3 Å². The van der Waals surface area contributed by atoms with Gasteiger partial charge in [-0.05, 0) is 26.3 Å². The molecule has 4 heteroatoms. The van der Waals surface area contributed by atoms with Crippen molar-refractivity contribution in [2.75, 3.05) is 13.1 Å². The summed E-state index contributed by atoms with van der Waals surface area (Å²) in [6.45, 7) is 3.38. The van der Waals surface area contributed by atoms with Crippen molar-refractivity contribution in [2.24, 2.45) is 0 Å². The lowest BCUT2D eigenvalue weighted by Crippen LogP contribution is -2.43. The second-order valence-corrected chi connectivity index (χ2v) is 5.03. The van der Waals surface area contributed by atoms with Crippen molar-refractivity contribution in [3.8, 4) is 0 Å². The first-order valence-electron chi connectivity index (χ1n) is 4.99. The van der Waals surface area contributed by atoms with Gasteiger partial charge in [-0.2, -0.15) is 0 Å². The van der Waals surface area contributed by atoms with Crippen LogP contribution >= 0.6 is 11.3 Å². The first-order chi connectivity index (χ1) is 6.68. The predicted molar refractivity (Wildman–Crippen MR) is 56.5 cm³/mol. The second kappa shape index (κ2) is 3.95. The van der Waals surface area contributed by atoms with Gasteiger partial charge in [0.25, 0.3) is 0 Å². The number of nitrogens with zero attached hydrogens (tertiary/aromatic N) is 1. The number of halogens is 1. The van der Waals surface area contributed by atoms with Crippen molar-refractivity contribution < 1.29 is 4.39 Å². The first-order valence-corrected chi connectivity index (χ1v) is 5.87. The van der Waals surface area contributed by atoms with E-state index in [4.69, 9.17) is 0 Å². The number of rotatable bonds is 2. The van der Waals surface area contributed by atoms with E-state index in [1.165, 1.54) is 0 Å². The van der Waals surface area contributed by atoms with Crippen LogP contribution in [0.5, 0.6) is 0 Å². The van der Waals surface area contributed by atoms with Gasteiger partial charge in [0, 0.05) is 18.3 Å². The summed E-state index contributed by atoms with van der Waals surface area (Å²) in [7, 11) is 0. The maximum absolute atomic E-state index is 14.2. The van der Waals surface area contributed by atoms with Gasteiger partial charge in [0.15, 0.2) is 0 Å². The van der Waals surface area contributed by atoms with Crippen LogP contribution < -0.4 is 5.32 Å². The van der Waals surface area contributed by atoms with Gasteiger partial charge < -0.3 is 5.32 Å². The van der Waals surface area contributed by atoms with Gasteiger partial charge in [-0.25, -0.2) is 9.37 Å². The first kappa shape index (κ1) is 10.1. The van der Waals surface area contributed by atoms with E-state index in [2.05, 4.69) is 10.3 Å². The Kier molecular flexibility index (Phi) is 2.83. The monoisotopic (exact) mass is 214 g/mol. The van der Waals surface area contributed by atoms with Crippen LogP contribution in [0.4, 0.5) is 4.39 Å². The number of hydrogen-bond donors (Lipinski definition) is 1. The normalized spacial score (nSPS) is 27.9. The lowest BCUT2D eigenvalue weighted by molar-refractivity contribution is 0.121. The fourth-order valence-electron chi connectivity index (χ4n) is 1.90. The number of aryl methyl sites for hydroxylation is 1. The van der Waals surface area contributed by atoms with Crippen molar-refractivity contribution in [1.29, 1.82) is 0 Å². The van der Waals surface area contributed by atoms with Crippen LogP contribution in [0.2, 0.25) is 0 Å². The Morgan fingerprint density at radius 2 is 2.57 bits per heavy atom. The summed E-state index contributed by atoms with van der Waals surface area (Å²) in [5, 5.41) is 6.09. The Hall–Kier alpha value is -0.480. The molecule has 0 amide bonds. The van der Waals surface area contributed by atoms with Gasteiger partial charge in [0.2, 0.25) is 0 Å². The van der Waals surface area contributed by atoms with Gasteiger partial charge in [-0.3, -0.25) is 0 Å². The molecule has 1 aromatic rings. The van der Waals surface area contributed by atoms with Crippen LogP contribution in [0.25, 0.3) is 0 Å². The Balaban J connectivity index is 2.01. The molecule has 0 bridgehead atoms. The highest BCUT2D eigenvalue weighted by Gasteiger charge is 2.32. The number of alkyl halides is 1. The number of thiazole rings is 1.